The highest BCUT2D eigenvalue weighted by Crippen LogP contribution is 2.33. The number of ketones is 1. The zero-order valence-electron chi connectivity index (χ0n) is 28.8. The summed E-state index contributed by atoms with van der Waals surface area (Å²) in [4.78, 5) is 24.5. The Hall–Kier alpha value is -3.12. The summed E-state index contributed by atoms with van der Waals surface area (Å²) in [5.74, 6) is 0.891. The molecule has 2 rings (SSSR count). The van der Waals surface area contributed by atoms with Crippen LogP contribution in [0.4, 0.5) is 0 Å². The normalized spacial score (nSPS) is 15.0. The molecule has 2 aromatic rings. The molecule has 0 fully saturated rings. The number of carbonyl (C=O) groups is 2. The fourth-order valence-electron chi connectivity index (χ4n) is 5.29. The van der Waals surface area contributed by atoms with E-state index in [1.165, 1.54) is 17.7 Å². The van der Waals surface area contributed by atoms with Gasteiger partial charge in [-0.1, -0.05) is 85.6 Å². The maximum Gasteiger partial charge on any atom is 0.331 e. The molecule has 0 radical (unpaired) electrons. The van der Waals surface area contributed by atoms with E-state index >= 15 is 0 Å². The SMILES string of the molecule is CCCC(C)(CC)OC(C)COc1ccc(C(C)(C)c2ccc(OCC(C)OC(=O)/C=C/C(=O)C(C)(C)CCC)cc2)cc1. The maximum atomic E-state index is 12.3. The highest BCUT2D eigenvalue weighted by molar-refractivity contribution is 5.98. The number of carbonyl (C=O) groups excluding carboxylic acids is 2. The van der Waals surface area contributed by atoms with Crippen LogP contribution in [0.25, 0.3) is 0 Å². The Morgan fingerprint density at radius 2 is 1.18 bits per heavy atom. The summed E-state index contributed by atoms with van der Waals surface area (Å²) in [6.07, 6.45) is 6.86. The Labute approximate surface area is 266 Å². The van der Waals surface area contributed by atoms with Gasteiger partial charge in [-0.2, -0.15) is 0 Å². The van der Waals surface area contributed by atoms with Crippen LogP contribution in [-0.4, -0.2) is 42.8 Å². The van der Waals surface area contributed by atoms with Crippen molar-refractivity contribution >= 4 is 11.8 Å². The maximum absolute atomic E-state index is 12.3. The summed E-state index contributed by atoms with van der Waals surface area (Å²) in [6, 6.07) is 16.2. The zero-order valence-corrected chi connectivity index (χ0v) is 28.8. The second-order valence-corrected chi connectivity index (χ2v) is 13.4. The number of esters is 1. The first-order valence-electron chi connectivity index (χ1n) is 16.2. The third-order valence-electron chi connectivity index (χ3n) is 8.36. The van der Waals surface area contributed by atoms with Gasteiger partial charge in [0, 0.05) is 16.9 Å². The summed E-state index contributed by atoms with van der Waals surface area (Å²) in [7, 11) is 0. The molecule has 0 heterocycles. The Bertz CT molecular complexity index is 1190. The molecule has 2 aromatic carbocycles. The molecule has 0 N–H and O–H groups in total. The molecule has 0 aliphatic carbocycles. The lowest BCUT2D eigenvalue weighted by Crippen LogP contribution is -2.34. The molecular formula is C38H56O6. The van der Waals surface area contributed by atoms with E-state index in [0.29, 0.717) is 12.4 Å². The van der Waals surface area contributed by atoms with Crippen LogP contribution in [-0.2, 0) is 24.5 Å². The van der Waals surface area contributed by atoms with E-state index < -0.39 is 17.5 Å². The van der Waals surface area contributed by atoms with Crippen molar-refractivity contribution in [2.75, 3.05) is 13.2 Å². The first-order chi connectivity index (χ1) is 20.7. The summed E-state index contributed by atoms with van der Waals surface area (Å²) in [5.41, 5.74) is 1.50. The van der Waals surface area contributed by atoms with Gasteiger partial charge in [0.1, 0.15) is 30.8 Å². The van der Waals surface area contributed by atoms with Gasteiger partial charge in [-0.3, -0.25) is 4.79 Å². The second-order valence-electron chi connectivity index (χ2n) is 13.4. The van der Waals surface area contributed by atoms with Gasteiger partial charge in [-0.25, -0.2) is 4.79 Å². The van der Waals surface area contributed by atoms with Gasteiger partial charge in [-0.05, 0) is 81.5 Å². The van der Waals surface area contributed by atoms with E-state index in [9.17, 15) is 9.59 Å². The molecule has 0 spiro atoms. The molecule has 0 aliphatic rings. The molecule has 0 saturated heterocycles. The zero-order chi connectivity index (χ0) is 33.0. The molecular weight excluding hydrogens is 552 g/mol. The van der Waals surface area contributed by atoms with Gasteiger partial charge >= 0.3 is 5.97 Å². The first-order valence-corrected chi connectivity index (χ1v) is 16.2. The van der Waals surface area contributed by atoms with Crippen LogP contribution >= 0.6 is 0 Å². The van der Waals surface area contributed by atoms with Crippen LogP contribution in [0.2, 0.25) is 0 Å². The van der Waals surface area contributed by atoms with Crippen LogP contribution in [0.3, 0.4) is 0 Å². The number of hydrogen-bond donors (Lipinski definition) is 0. The van der Waals surface area contributed by atoms with Crippen molar-refractivity contribution in [3.8, 4) is 11.5 Å². The van der Waals surface area contributed by atoms with Gasteiger partial charge in [-0.15, -0.1) is 0 Å². The van der Waals surface area contributed by atoms with Crippen LogP contribution in [0.5, 0.6) is 11.5 Å². The number of rotatable bonds is 19. The smallest absolute Gasteiger partial charge is 0.331 e. The van der Waals surface area contributed by atoms with E-state index in [4.69, 9.17) is 18.9 Å². The van der Waals surface area contributed by atoms with Crippen molar-refractivity contribution < 1.29 is 28.5 Å². The van der Waals surface area contributed by atoms with Crippen molar-refractivity contribution in [1.82, 2.24) is 0 Å². The largest absolute Gasteiger partial charge is 0.491 e. The topological polar surface area (TPSA) is 71.1 Å². The number of allylic oxidation sites excluding steroid dienone is 1. The quantitative estimate of drug-likeness (QED) is 0.117. The van der Waals surface area contributed by atoms with Crippen molar-refractivity contribution in [1.29, 1.82) is 0 Å². The van der Waals surface area contributed by atoms with Crippen LogP contribution in [0.1, 0.15) is 112 Å². The molecule has 6 nitrogen and oxygen atoms in total. The Morgan fingerprint density at radius 1 is 0.705 bits per heavy atom. The molecule has 44 heavy (non-hydrogen) atoms. The van der Waals surface area contributed by atoms with Crippen molar-refractivity contribution in [3.05, 3.63) is 71.8 Å². The molecule has 0 aromatic heterocycles. The second kappa shape index (κ2) is 16.8. The third-order valence-corrected chi connectivity index (χ3v) is 8.36. The lowest BCUT2D eigenvalue weighted by molar-refractivity contribution is -0.143. The summed E-state index contributed by atoms with van der Waals surface area (Å²) >= 11 is 0. The number of ether oxygens (including phenoxy) is 4. The van der Waals surface area contributed by atoms with Crippen molar-refractivity contribution in [2.24, 2.45) is 5.41 Å². The number of hydrogen-bond acceptors (Lipinski definition) is 6. The molecule has 0 aliphatic heterocycles. The molecule has 0 saturated carbocycles. The molecule has 6 heteroatoms. The van der Waals surface area contributed by atoms with Crippen LogP contribution < -0.4 is 9.47 Å². The summed E-state index contributed by atoms with van der Waals surface area (Å²) < 4.78 is 23.6. The van der Waals surface area contributed by atoms with E-state index in [-0.39, 0.29) is 29.5 Å². The van der Waals surface area contributed by atoms with Gasteiger partial charge < -0.3 is 18.9 Å². The standard InChI is InChI=1S/C38H56O6/c1-11-24-36(6,7)34(39)22-23-35(40)43-28(4)26-41-32-18-14-30(15-19-32)37(8,9)31-16-20-33(21-17-31)42-27-29(5)44-38(10,13-3)25-12-2/h14-23,28-29H,11-13,24-27H2,1-10H3/b23-22+. The molecule has 3 unspecified atom stereocenters. The van der Waals surface area contributed by atoms with Gasteiger partial charge in [0.25, 0.3) is 0 Å². The average Bonchev–Trinajstić information content (AvgIpc) is 2.98. The van der Waals surface area contributed by atoms with Crippen LogP contribution in [0, 0.1) is 5.41 Å². The van der Waals surface area contributed by atoms with E-state index in [1.54, 1.807) is 6.92 Å². The predicted octanol–water partition coefficient (Wildman–Crippen LogP) is 9.03. The highest BCUT2D eigenvalue weighted by Gasteiger charge is 2.26. The first kappa shape index (κ1) is 37.1. The van der Waals surface area contributed by atoms with Crippen molar-refractivity contribution in [2.45, 2.75) is 125 Å². The minimum atomic E-state index is -0.551. The van der Waals surface area contributed by atoms with Gasteiger partial charge in [0.15, 0.2) is 5.78 Å². The van der Waals surface area contributed by atoms with E-state index in [2.05, 4.69) is 65.8 Å². The molecule has 0 bridgehead atoms. The summed E-state index contributed by atoms with van der Waals surface area (Å²) in [6.45, 7) is 21.3. The Balaban J connectivity index is 1.89. The Morgan fingerprint density at radius 3 is 1.64 bits per heavy atom. The minimum Gasteiger partial charge on any atom is -0.491 e. The van der Waals surface area contributed by atoms with E-state index in [1.807, 2.05) is 45.0 Å². The lowest BCUT2D eigenvalue weighted by atomic mass is 9.78. The monoisotopic (exact) mass is 608 g/mol. The molecule has 3 atom stereocenters. The number of benzene rings is 2. The van der Waals surface area contributed by atoms with Gasteiger partial charge in [0.2, 0.25) is 0 Å². The predicted molar refractivity (Wildman–Crippen MR) is 179 cm³/mol. The fourth-order valence-corrected chi connectivity index (χ4v) is 5.29. The minimum absolute atomic E-state index is 0.00820. The fraction of sp³-hybridized carbons (Fsp3) is 0.579. The van der Waals surface area contributed by atoms with E-state index in [0.717, 1.165) is 43.4 Å². The summed E-state index contributed by atoms with van der Waals surface area (Å²) in [5, 5.41) is 0. The van der Waals surface area contributed by atoms with Gasteiger partial charge in [0.05, 0.1) is 11.7 Å². The van der Waals surface area contributed by atoms with Crippen molar-refractivity contribution in [3.63, 3.8) is 0 Å². The molecule has 244 valence electrons. The third kappa shape index (κ3) is 11.4. The highest BCUT2D eigenvalue weighted by atomic mass is 16.6. The average molecular weight is 609 g/mol. The van der Waals surface area contributed by atoms with Crippen LogP contribution in [0.15, 0.2) is 60.7 Å². The lowest BCUT2D eigenvalue weighted by Gasteiger charge is -2.32. The Kier molecular flexibility index (Phi) is 14.2. The molecule has 0 amide bonds.